The molecule has 1 amide bonds. The number of hydrogen-bond donors (Lipinski definition) is 1. The van der Waals surface area contributed by atoms with Crippen LogP contribution in [0.25, 0.3) is 0 Å². The van der Waals surface area contributed by atoms with Gasteiger partial charge < -0.3 is 14.6 Å². The summed E-state index contributed by atoms with van der Waals surface area (Å²) in [6.07, 6.45) is -0.471. The molecule has 5 heteroatoms. The summed E-state index contributed by atoms with van der Waals surface area (Å²) in [5.74, 6) is 0. The molecule has 1 aliphatic heterocycles. The lowest BCUT2D eigenvalue weighted by molar-refractivity contribution is -0.0464. The molecule has 0 aromatic carbocycles. The standard InChI is InChI=1S/C8H15NO4/c1-8(2)9(7(11)12-3)6(4-10)5-13-8/h6,10H,4-5H2,1-3H3. The van der Waals surface area contributed by atoms with Crippen LogP contribution in [-0.4, -0.2) is 48.2 Å². The van der Waals surface area contributed by atoms with Crippen molar-refractivity contribution in [2.24, 2.45) is 0 Å². The van der Waals surface area contributed by atoms with Gasteiger partial charge in [0, 0.05) is 0 Å². The quantitative estimate of drug-likeness (QED) is 0.639. The molecule has 0 spiro atoms. The Morgan fingerprint density at radius 3 is 2.85 bits per heavy atom. The minimum absolute atomic E-state index is 0.113. The Morgan fingerprint density at radius 1 is 1.77 bits per heavy atom. The second-order valence-electron chi connectivity index (χ2n) is 3.43. The molecule has 5 nitrogen and oxygen atoms in total. The van der Waals surface area contributed by atoms with Crippen LogP contribution in [0.5, 0.6) is 0 Å². The third-order valence-corrected chi connectivity index (χ3v) is 2.16. The molecule has 1 rings (SSSR count). The van der Waals surface area contributed by atoms with Crippen molar-refractivity contribution >= 4 is 6.09 Å². The molecule has 0 aromatic rings. The first-order chi connectivity index (χ1) is 6.03. The average Bonchev–Trinajstić information content (AvgIpc) is 2.39. The zero-order valence-corrected chi connectivity index (χ0v) is 8.11. The average molecular weight is 189 g/mol. The molecule has 1 N–H and O–H groups in total. The zero-order chi connectivity index (χ0) is 10.1. The van der Waals surface area contributed by atoms with Gasteiger partial charge in [-0.2, -0.15) is 0 Å². The molecule has 1 heterocycles. The van der Waals surface area contributed by atoms with Crippen LogP contribution >= 0.6 is 0 Å². The first kappa shape index (κ1) is 10.3. The lowest BCUT2D eigenvalue weighted by Gasteiger charge is -2.31. The second kappa shape index (κ2) is 3.51. The van der Waals surface area contributed by atoms with E-state index in [0.29, 0.717) is 6.61 Å². The van der Waals surface area contributed by atoms with E-state index in [0.717, 1.165) is 0 Å². The minimum atomic E-state index is -0.694. The fourth-order valence-corrected chi connectivity index (χ4v) is 1.49. The molecule has 76 valence electrons. The number of methoxy groups -OCH3 is 1. The van der Waals surface area contributed by atoms with Gasteiger partial charge in [0.05, 0.1) is 26.4 Å². The minimum Gasteiger partial charge on any atom is -0.453 e. The van der Waals surface area contributed by atoms with Crippen LogP contribution < -0.4 is 0 Å². The number of aliphatic hydroxyl groups is 1. The molecule has 1 aliphatic rings. The topological polar surface area (TPSA) is 59.0 Å². The number of hydrogen-bond acceptors (Lipinski definition) is 4. The molecule has 13 heavy (non-hydrogen) atoms. The normalized spacial score (nSPS) is 26.2. The molecular weight excluding hydrogens is 174 g/mol. The number of carbonyl (C=O) groups is 1. The Morgan fingerprint density at radius 2 is 2.38 bits per heavy atom. The van der Waals surface area contributed by atoms with Gasteiger partial charge in [-0.3, -0.25) is 4.90 Å². The van der Waals surface area contributed by atoms with E-state index in [1.54, 1.807) is 13.8 Å². The highest BCUT2D eigenvalue weighted by Gasteiger charge is 2.44. The van der Waals surface area contributed by atoms with Crippen LogP contribution in [0.3, 0.4) is 0 Å². The van der Waals surface area contributed by atoms with Gasteiger partial charge >= 0.3 is 6.09 Å². The van der Waals surface area contributed by atoms with Gasteiger partial charge in [-0.05, 0) is 13.8 Å². The maximum absolute atomic E-state index is 11.3. The smallest absolute Gasteiger partial charge is 0.412 e. The SMILES string of the molecule is COC(=O)N1C(CO)COC1(C)C. The molecule has 1 saturated heterocycles. The van der Waals surface area contributed by atoms with Gasteiger partial charge in [-0.1, -0.05) is 0 Å². The molecule has 0 saturated carbocycles. The summed E-state index contributed by atoms with van der Waals surface area (Å²) in [6.45, 7) is 3.76. The summed E-state index contributed by atoms with van der Waals surface area (Å²) in [5.41, 5.74) is -0.694. The summed E-state index contributed by atoms with van der Waals surface area (Å²) in [5, 5.41) is 8.98. The molecule has 0 radical (unpaired) electrons. The molecule has 0 aromatic heterocycles. The summed E-state index contributed by atoms with van der Waals surface area (Å²) >= 11 is 0. The van der Waals surface area contributed by atoms with Crippen molar-refractivity contribution in [1.29, 1.82) is 0 Å². The highest BCUT2D eigenvalue weighted by atomic mass is 16.6. The Balaban J connectivity index is 2.80. The van der Waals surface area contributed by atoms with E-state index < -0.39 is 11.8 Å². The zero-order valence-electron chi connectivity index (χ0n) is 8.11. The van der Waals surface area contributed by atoms with Gasteiger partial charge in [-0.15, -0.1) is 0 Å². The van der Waals surface area contributed by atoms with Crippen molar-refractivity contribution in [3.05, 3.63) is 0 Å². The summed E-state index contributed by atoms with van der Waals surface area (Å²) in [6, 6.07) is -0.303. The summed E-state index contributed by atoms with van der Waals surface area (Å²) < 4.78 is 9.94. The van der Waals surface area contributed by atoms with E-state index in [9.17, 15) is 4.79 Å². The highest BCUT2D eigenvalue weighted by Crippen LogP contribution is 2.27. The van der Waals surface area contributed by atoms with Crippen LogP contribution in [0.15, 0.2) is 0 Å². The third-order valence-electron chi connectivity index (χ3n) is 2.16. The van der Waals surface area contributed by atoms with E-state index in [4.69, 9.17) is 9.84 Å². The van der Waals surface area contributed by atoms with Crippen molar-refractivity contribution in [3.63, 3.8) is 0 Å². The van der Waals surface area contributed by atoms with Gasteiger partial charge in [0.2, 0.25) is 0 Å². The summed E-state index contributed by atoms with van der Waals surface area (Å²) in [4.78, 5) is 12.7. The first-order valence-electron chi connectivity index (χ1n) is 4.15. The lowest BCUT2D eigenvalue weighted by atomic mass is 10.2. The molecule has 1 unspecified atom stereocenters. The lowest BCUT2D eigenvalue weighted by Crippen LogP contribution is -2.48. The number of nitrogens with zero attached hydrogens (tertiary/aromatic N) is 1. The van der Waals surface area contributed by atoms with Gasteiger partial charge in [0.1, 0.15) is 5.72 Å². The predicted molar refractivity (Wildman–Crippen MR) is 45.1 cm³/mol. The largest absolute Gasteiger partial charge is 0.453 e. The summed E-state index contributed by atoms with van der Waals surface area (Å²) in [7, 11) is 1.31. The van der Waals surface area contributed by atoms with Gasteiger partial charge in [0.25, 0.3) is 0 Å². The maximum Gasteiger partial charge on any atom is 0.412 e. The number of aliphatic hydroxyl groups excluding tert-OH is 1. The predicted octanol–water partition coefficient (Wildman–Crippen LogP) is 0.182. The Hall–Kier alpha value is -0.810. The van der Waals surface area contributed by atoms with Crippen molar-refractivity contribution in [3.8, 4) is 0 Å². The maximum atomic E-state index is 11.3. The van der Waals surface area contributed by atoms with Crippen LogP contribution in [-0.2, 0) is 9.47 Å². The van der Waals surface area contributed by atoms with Crippen molar-refractivity contribution in [2.45, 2.75) is 25.6 Å². The first-order valence-corrected chi connectivity index (χ1v) is 4.15. The van der Waals surface area contributed by atoms with E-state index in [1.165, 1.54) is 12.0 Å². The number of rotatable bonds is 1. The molecular formula is C8H15NO4. The van der Waals surface area contributed by atoms with E-state index in [2.05, 4.69) is 4.74 Å². The third kappa shape index (κ3) is 1.76. The van der Waals surface area contributed by atoms with Crippen LogP contribution in [0.4, 0.5) is 4.79 Å². The van der Waals surface area contributed by atoms with Crippen LogP contribution in [0, 0.1) is 0 Å². The van der Waals surface area contributed by atoms with Crippen LogP contribution in [0.2, 0.25) is 0 Å². The van der Waals surface area contributed by atoms with E-state index in [-0.39, 0.29) is 12.6 Å². The molecule has 1 atom stereocenters. The molecule has 1 fully saturated rings. The Bertz CT molecular complexity index is 204. The number of carbonyl (C=O) groups excluding carboxylic acids is 1. The number of ether oxygens (including phenoxy) is 2. The Labute approximate surface area is 77.2 Å². The van der Waals surface area contributed by atoms with Crippen molar-refractivity contribution in [2.75, 3.05) is 20.3 Å². The number of amides is 1. The van der Waals surface area contributed by atoms with E-state index in [1.807, 2.05) is 0 Å². The van der Waals surface area contributed by atoms with E-state index >= 15 is 0 Å². The second-order valence-corrected chi connectivity index (χ2v) is 3.43. The molecule has 0 aliphatic carbocycles. The molecule has 0 bridgehead atoms. The van der Waals surface area contributed by atoms with Gasteiger partial charge in [0.15, 0.2) is 0 Å². The fourth-order valence-electron chi connectivity index (χ4n) is 1.49. The van der Waals surface area contributed by atoms with Crippen molar-refractivity contribution in [1.82, 2.24) is 4.90 Å². The fraction of sp³-hybridized carbons (Fsp3) is 0.875. The van der Waals surface area contributed by atoms with Crippen LogP contribution in [0.1, 0.15) is 13.8 Å². The monoisotopic (exact) mass is 189 g/mol. The van der Waals surface area contributed by atoms with Crippen molar-refractivity contribution < 1.29 is 19.4 Å². The Kier molecular flexibility index (Phi) is 2.77. The highest BCUT2D eigenvalue weighted by molar-refractivity contribution is 5.69. The van der Waals surface area contributed by atoms with Gasteiger partial charge in [-0.25, -0.2) is 4.79 Å².